The summed E-state index contributed by atoms with van der Waals surface area (Å²) >= 11 is 0. The fraction of sp³-hybridized carbons (Fsp3) is 0.182. The fourth-order valence-corrected chi connectivity index (χ4v) is 4.85. The Kier molecular flexibility index (Phi) is 6.40. The standard InChI is InChI=1S/C22H24NO2P/c24-26(25,17-16-19-10-4-1-5-11-19)22(21-14-8-3-9-15-21)23-18-20-12-6-2-7-13-20/h1-15,22-23H,16-18H2,(H,24,25)/t22-/m0/s1. The lowest BCUT2D eigenvalue weighted by Gasteiger charge is -2.25. The van der Waals surface area contributed by atoms with Crippen LogP contribution in [0.25, 0.3) is 0 Å². The largest absolute Gasteiger partial charge is 0.343 e. The highest BCUT2D eigenvalue weighted by molar-refractivity contribution is 7.58. The Morgan fingerprint density at radius 1 is 0.769 bits per heavy atom. The van der Waals surface area contributed by atoms with Gasteiger partial charge in [0.2, 0.25) is 7.37 Å². The van der Waals surface area contributed by atoms with Gasteiger partial charge in [0, 0.05) is 12.7 Å². The molecule has 26 heavy (non-hydrogen) atoms. The Morgan fingerprint density at radius 2 is 1.27 bits per heavy atom. The normalized spacial score (nSPS) is 14.5. The summed E-state index contributed by atoms with van der Waals surface area (Å²) in [5.74, 6) is -0.576. The highest BCUT2D eigenvalue weighted by atomic mass is 31.2. The van der Waals surface area contributed by atoms with Gasteiger partial charge in [-0.15, -0.1) is 0 Å². The summed E-state index contributed by atoms with van der Waals surface area (Å²) in [6.45, 7) is 0.552. The zero-order valence-corrected chi connectivity index (χ0v) is 15.6. The lowest BCUT2D eigenvalue weighted by molar-refractivity contribution is 0.447. The molecule has 0 spiro atoms. The molecule has 0 aliphatic carbocycles. The molecular formula is C22H24NO2P. The van der Waals surface area contributed by atoms with Crippen LogP contribution < -0.4 is 5.32 Å². The predicted octanol–water partition coefficient (Wildman–Crippen LogP) is 4.99. The Morgan fingerprint density at radius 3 is 1.85 bits per heavy atom. The minimum absolute atomic E-state index is 0.248. The molecule has 0 saturated heterocycles. The molecule has 0 aliphatic rings. The summed E-state index contributed by atoms with van der Waals surface area (Å²) in [5, 5.41) is 3.32. The van der Waals surface area contributed by atoms with Crippen LogP contribution >= 0.6 is 7.37 Å². The van der Waals surface area contributed by atoms with Crippen LogP contribution in [-0.4, -0.2) is 11.1 Å². The molecule has 3 aromatic rings. The van der Waals surface area contributed by atoms with Gasteiger partial charge in [-0.3, -0.25) is 9.88 Å². The van der Waals surface area contributed by atoms with Crippen molar-refractivity contribution in [3.05, 3.63) is 108 Å². The van der Waals surface area contributed by atoms with E-state index in [4.69, 9.17) is 0 Å². The van der Waals surface area contributed by atoms with Gasteiger partial charge in [0.15, 0.2) is 0 Å². The second-order valence-corrected chi connectivity index (χ2v) is 8.87. The van der Waals surface area contributed by atoms with Crippen LogP contribution in [0.4, 0.5) is 0 Å². The lowest BCUT2D eigenvalue weighted by atomic mass is 10.2. The van der Waals surface area contributed by atoms with Gasteiger partial charge in [-0.05, 0) is 23.1 Å². The summed E-state index contributed by atoms with van der Waals surface area (Å²) in [6, 6.07) is 29.4. The molecule has 2 atom stereocenters. The van der Waals surface area contributed by atoms with Crippen molar-refractivity contribution in [2.75, 3.05) is 6.16 Å². The molecule has 0 saturated carbocycles. The highest BCUT2D eigenvalue weighted by Crippen LogP contribution is 2.54. The van der Waals surface area contributed by atoms with E-state index in [-0.39, 0.29) is 6.16 Å². The Balaban J connectivity index is 1.76. The molecule has 0 aromatic heterocycles. The molecule has 3 aromatic carbocycles. The van der Waals surface area contributed by atoms with Crippen molar-refractivity contribution in [3.8, 4) is 0 Å². The maximum Gasteiger partial charge on any atom is 0.221 e. The maximum atomic E-state index is 13.2. The first-order valence-electron chi connectivity index (χ1n) is 8.83. The average molecular weight is 365 g/mol. The zero-order chi connectivity index (χ0) is 18.2. The number of hydrogen-bond donors (Lipinski definition) is 2. The lowest BCUT2D eigenvalue weighted by Crippen LogP contribution is -2.22. The van der Waals surface area contributed by atoms with Crippen LogP contribution in [-0.2, 0) is 17.5 Å². The third kappa shape index (κ3) is 5.15. The number of benzene rings is 3. The van der Waals surface area contributed by atoms with Gasteiger partial charge < -0.3 is 4.89 Å². The molecular weight excluding hydrogens is 341 g/mol. The minimum atomic E-state index is -3.44. The molecule has 0 radical (unpaired) electrons. The van der Waals surface area contributed by atoms with Crippen molar-refractivity contribution in [3.63, 3.8) is 0 Å². The van der Waals surface area contributed by atoms with Gasteiger partial charge >= 0.3 is 0 Å². The maximum absolute atomic E-state index is 13.2. The Hall–Kier alpha value is -2.19. The topological polar surface area (TPSA) is 49.3 Å². The zero-order valence-electron chi connectivity index (χ0n) is 14.7. The summed E-state index contributed by atoms with van der Waals surface area (Å²) in [5.41, 5.74) is 3.02. The highest BCUT2D eigenvalue weighted by Gasteiger charge is 2.31. The third-order valence-electron chi connectivity index (χ3n) is 4.42. The van der Waals surface area contributed by atoms with E-state index in [2.05, 4.69) is 5.32 Å². The second-order valence-electron chi connectivity index (χ2n) is 6.39. The van der Waals surface area contributed by atoms with Crippen molar-refractivity contribution in [2.45, 2.75) is 18.7 Å². The summed E-state index contributed by atoms with van der Waals surface area (Å²) < 4.78 is 13.2. The monoisotopic (exact) mass is 365 g/mol. The molecule has 134 valence electrons. The van der Waals surface area contributed by atoms with Crippen molar-refractivity contribution in [1.82, 2.24) is 5.32 Å². The van der Waals surface area contributed by atoms with Gasteiger partial charge in [0.05, 0.1) is 0 Å². The van der Waals surface area contributed by atoms with Crippen LogP contribution in [0.15, 0.2) is 91.0 Å². The van der Waals surface area contributed by atoms with Gasteiger partial charge in [-0.2, -0.15) is 0 Å². The first kappa shape index (κ1) is 18.6. The number of nitrogens with one attached hydrogen (secondary N) is 1. The third-order valence-corrected chi connectivity index (χ3v) is 6.58. The van der Waals surface area contributed by atoms with E-state index >= 15 is 0 Å². The predicted molar refractivity (Wildman–Crippen MR) is 107 cm³/mol. The van der Waals surface area contributed by atoms with Crippen molar-refractivity contribution < 1.29 is 9.46 Å². The van der Waals surface area contributed by atoms with E-state index in [1.54, 1.807) is 0 Å². The van der Waals surface area contributed by atoms with Crippen molar-refractivity contribution in [1.29, 1.82) is 0 Å². The van der Waals surface area contributed by atoms with E-state index < -0.39 is 13.2 Å². The SMILES string of the molecule is O=P(O)(CCc1ccccc1)[C@H](NCc1ccccc1)c1ccccc1. The molecule has 0 fully saturated rings. The summed E-state index contributed by atoms with van der Waals surface area (Å²) in [4.78, 5) is 10.9. The van der Waals surface area contributed by atoms with Gasteiger partial charge in [-0.1, -0.05) is 91.0 Å². The van der Waals surface area contributed by atoms with Crippen LogP contribution in [0.5, 0.6) is 0 Å². The molecule has 3 nitrogen and oxygen atoms in total. The number of rotatable bonds is 8. The molecule has 0 bridgehead atoms. The van der Waals surface area contributed by atoms with Gasteiger partial charge in [-0.25, -0.2) is 0 Å². The van der Waals surface area contributed by atoms with E-state index in [1.165, 1.54) is 0 Å². The van der Waals surface area contributed by atoms with Crippen LogP contribution in [0.1, 0.15) is 22.5 Å². The van der Waals surface area contributed by atoms with Gasteiger partial charge in [0.25, 0.3) is 0 Å². The smallest absolute Gasteiger partial charge is 0.221 e. The van der Waals surface area contributed by atoms with Crippen LogP contribution in [0.3, 0.4) is 0 Å². The number of hydrogen-bond acceptors (Lipinski definition) is 2. The molecule has 0 heterocycles. The molecule has 1 unspecified atom stereocenters. The van der Waals surface area contributed by atoms with Gasteiger partial charge in [0.1, 0.15) is 5.78 Å². The van der Waals surface area contributed by atoms with E-state index in [1.807, 2.05) is 91.0 Å². The summed E-state index contributed by atoms with van der Waals surface area (Å²) in [7, 11) is -3.44. The molecule has 0 aliphatic heterocycles. The van der Waals surface area contributed by atoms with Crippen molar-refractivity contribution in [2.24, 2.45) is 0 Å². The molecule has 2 N–H and O–H groups in total. The van der Waals surface area contributed by atoms with E-state index in [9.17, 15) is 9.46 Å². The first-order chi connectivity index (χ1) is 12.6. The second kappa shape index (κ2) is 8.95. The molecule has 3 rings (SSSR count). The Labute approximate surface area is 155 Å². The van der Waals surface area contributed by atoms with E-state index in [0.29, 0.717) is 13.0 Å². The summed E-state index contributed by atoms with van der Waals surface area (Å²) in [6.07, 6.45) is 0.837. The Bertz CT molecular complexity index is 838. The molecule has 0 amide bonds. The average Bonchev–Trinajstić information content (AvgIpc) is 2.69. The fourth-order valence-electron chi connectivity index (χ4n) is 3.00. The minimum Gasteiger partial charge on any atom is -0.343 e. The molecule has 4 heteroatoms. The van der Waals surface area contributed by atoms with Crippen molar-refractivity contribution >= 4 is 7.37 Å². The van der Waals surface area contributed by atoms with E-state index in [0.717, 1.165) is 16.7 Å². The number of aryl methyl sites for hydroxylation is 1. The first-order valence-corrected chi connectivity index (χ1v) is 10.7. The van der Waals surface area contributed by atoms with Crippen LogP contribution in [0.2, 0.25) is 0 Å². The van der Waals surface area contributed by atoms with Crippen LogP contribution in [0, 0.1) is 0 Å². The quantitative estimate of drug-likeness (QED) is 0.553.